The van der Waals surface area contributed by atoms with Crippen molar-refractivity contribution in [2.75, 3.05) is 32.7 Å². The first-order chi connectivity index (χ1) is 10.3. The molecule has 2 saturated heterocycles. The van der Waals surface area contributed by atoms with Crippen molar-refractivity contribution >= 4 is 5.91 Å². The molecule has 0 radical (unpaired) electrons. The van der Waals surface area contributed by atoms with E-state index in [2.05, 4.69) is 15.5 Å². The van der Waals surface area contributed by atoms with Crippen LogP contribution in [0.3, 0.4) is 0 Å². The van der Waals surface area contributed by atoms with E-state index >= 15 is 0 Å². The van der Waals surface area contributed by atoms with Crippen molar-refractivity contribution in [3.63, 3.8) is 0 Å². The third-order valence-electron chi connectivity index (χ3n) is 5.68. The fraction of sp³-hybridized carbons (Fsp3) is 0.941. The van der Waals surface area contributed by atoms with E-state index in [0.29, 0.717) is 11.8 Å². The molecular weight excluding hydrogens is 262 g/mol. The lowest BCUT2D eigenvalue weighted by molar-refractivity contribution is -0.125. The zero-order valence-electron chi connectivity index (χ0n) is 13.3. The highest BCUT2D eigenvalue weighted by Gasteiger charge is 2.29. The van der Waals surface area contributed by atoms with Gasteiger partial charge in [0, 0.05) is 25.0 Å². The number of amides is 1. The summed E-state index contributed by atoms with van der Waals surface area (Å²) in [6, 6.07) is 0.837. The summed E-state index contributed by atoms with van der Waals surface area (Å²) in [5.41, 5.74) is 0. The fourth-order valence-corrected chi connectivity index (χ4v) is 4.28. The van der Waals surface area contributed by atoms with Crippen LogP contribution in [0.25, 0.3) is 0 Å². The Labute approximate surface area is 129 Å². The second-order valence-corrected chi connectivity index (χ2v) is 7.21. The van der Waals surface area contributed by atoms with E-state index in [1.54, 1.807) is 0 Å². The van der Waals surface area contributed by atoms with E-state index < -0.39 is 0 Å². The Balaban J connectivity index is 1.37. The van der Waals surface area contributed by atoms with Gasteiger partial charge in [0.2, 0.25) is 5.91 Å². The molecule has 0 bridgehead atoms. The molecule has 3 aliphatic rings. The van der Waals surface area contributed by atoms with Gasteiger partial charge in [-0.15, -0.1) is 0 Å². The van der Waals surface area contributed by atoms with Crippen molar-refractivity contribution in [1.29, 1.82) is 0 Å². The van der Waals surface area contributed by atoms with Crippen LogP contribution in [0.1, 0.15) is 51.4 Å². The number of piperidine rings is 1. The SMILES string of the molecule is O=C(NCC1CCN(C2CCCCC2)C1)C1CCNCC1. The number of carbonyl (C=O) groups excluding carboxylic acids is 1. The zero-order valence-corrected chi connectivity index (χ0v) is 13.3. The smallest absolute Gasteiger partial charge is 0.223 e. The average Bonchev–Trinajstić information content (AvgIpc) is 3.03. The Hall–Kier alpha value is -0.610. The number of nitrogens with zero attached hydrogens (tertiary/aromatic N) is 1. The summed E-state index contributed by atoms with van der Waals surface area (Å²) in [4.78, 5) is 14.9. The number of carbonyl (C=O) groups is 1. The van der Waals surface area contributed by atoms with Gasteiger partial charge in [-0.2, -0.15) is 0 Å². The first kappa shape index (κ1) is 15.3. The topological polar surface area (TPSA) is 44.4 Å². The van der Waals surface area contributed by atoms with Crippen LogP contribution in [0.5, 0.6) is 0 Å². The van der Waals surface area contributed by atoms with Gasteiger partial charge in [0.05, 0.1) is 0 Å². The predicted molar refractivity (Wildman–Crippen MR) is 85.2 cm³/mol. The lowest BCUT2D eigenvalue weighted by Gasteiger charge is -2.31. The van der Waals surface area contributed by atoms with Gasteiger partial charge in [-0.05, 0) is 57.7 Å². The van der Waals surface area contributed by atoms with E-state index in [4.69, 9.17) is 0 Å². The van der Waals surface area contributed by atoms with Crippen molar-refractivity contribution in [3.8, 4) is 0 Å². The van der Waals surface area contributed by atoms with E-state index in [1.807, 2.05) is 0 Å². The molecule has 1 saturated carbocycles. The maximum Gasteiger partial charge on any atom is 0.223 e. The number of rotatable bonds is 4. The minimum Gasteiger partial charge on any atom is -0.356 e. The van der Waals surface area contributed by atoms with Gasteiger partial charge < -0.3 is 15.5 Å². The standard InChI is InChI=1S/C17H31N3O/c21-17(15-6-9-18-10-7-15)19-12-14-8-11-20(13-14)16-4-2-1-3-5-16/h14-16,18H,1-13H2,(H,19,21). The highest BCUT2D eigenvalue weighted by Crippen LogP contribution is 2.27. The summed E-state index contributed by atoms with van der Waals surface area (Å²) in [7, 11) is 0. The molecule has 1 unspecified atom stereocenters. The average molecular weight is 293 g/mol. The summed E-state index contributed by atoms with van der Waals surface area (Å²) in [6.45, 7) is 5.34. The summed E-state index contributed by atoms with van der Waals surface area (Å²) in [5.74, 6) is 1.23. The number of nitrogens with one attached hydrogen (secondary N) is 2. The molecule has 1 aliphatic carbocycles. The van der Waals surface area contributed by atoms with Crippen LogP contribution in [-0.2, 0) is 4.79 Å². The summed E-state index contributed by atoms with van der Waals surface area (Å²) in [5, 5.41) is 6.55. The predicted octanol–water partition coefficient (Wildman–Crippen LogP) is 1.76. The molecule has 120 valence electrons. The molecule has 4 heteroatoms. The minimum atomic E-state index is 0.252. The van der Waals surface area contributed by atoms with Gasteiger partial charge in [-0.1, -0.05) is 19.3 Å². The van der Waals surface area contributed by atoms with Gasteiger partial charge in [-0.25, -0.2) is 0 Å². The van der Waals surface area contributed by atoms with Crippen LogP contribution >= 0.6 is 0 Å². The van der Waals surface area contributed by atoms with Crippen molar-refractivity contribution in [1.82, 2.24) is 15.5 Å². The Morgan fingerprint density at radius 1 is 1.05 bits per heavy atom. The number of hydrogen-bond donors (Lipinski definition) is 2. The van der Waals surface area contributed by atoms with E-state index in [1.165, 1.54) is 51.6 Å². The Bertz CT molecular complexity index is 335. The van der Waals surface area contributed by atoms with E-state index in [-0.39, 0.29) is 5.92 Å². The zero-order chi connectivity index (χ0) is 14.5. The van der Waals surface area contributed by atoms with E-state index in [0.717, 1.165) is 38.5 Å². The Morgan fingerprint density at radius 2 is 1.81 bits per heavy atom. The molecule has 3 rings (SSSR count). The minimum absolute atomic E-state index is 0.252. The maximum atomic E-state index is 12.2. The fourth-order valence-electron chi connectivity index (χ4n) is 4.28. The second kappa shape index (κ2) is 7.59. The van der Waals surface area contributed by atoms with Crippen LogP contribution in [-0.4, -0.2) is 49.6 Å². The Morgan fingerprint density at radius 3 is 2.57 bits per heavy atom. The molecule has 0 spiro atoms. The summed E-state index contributed by atoms with van der Waals surface area (Å²) < 4.78 is 0. The molecule has 3 fully saturated rings. The van der Waals surface area contributed by atoms with Crippen LogP contribution in [0.4, 0.5) is 0 Å². The molecule has 1 atom stereocenters. The van der Waals surface area contributed by atoms with Crippen molar-refractivity contribution in [2.24, 2.45) is 11.8 Å². The third kappa shape index (κ3) is 4.19. The third-order valence-corrected chi connectivity index (χ3v) is 5.68. The first-order valence-corrected chi connectivity index (χ1v) is 9.05. The molecule has 1 amide bonds. The van der Waals surface area contributed by atoms with Crippen LogP contribution in [0.15, 0.2) is 0 Å². The first-order valence-electron chi connectivity index (χ1n) is 9.05. The molecule has 0 aromatic heterocycles. The normalized spacial score (nSPS) is 29.6. The highest BCUT2D eigenvalue weighted by atomic mass is 16.1. The van der Waals surface area contributed by atoms with E-state index in [9.17, 15) is 4.79 Å². The molecule has 2 aliphatic heterocycles. The quantitative estimate of drug-likeness (QED) is 0.830. The van der Waals surface area contributed by atoms with Gasteiger partial charge in [0.15, 0.2) is 0 Å². The van der Waals surface area contributed by atoms with Gasteiger partial charge in [-0.3, -0.25) is 4.79 Å². The molecule has 4 nitrogen and oxygen atoms in total. The molecular formula is C17H31N3O. The van der Waals surface area contributed by atoms with Crippen molar-refractivity contribution in [3.05, 3.63) is 0 Å². The highest BCUT2D eigenvalue weighted by molar-refractivity contribution is 5.78. The molecule has 0 aromatic rings. The van der Waals surface area contributed by atoms with Crippen LogP contribution < -0.4 is 10.6 Å². The Kier molecular flexibility index (Phi) is 5.53. The second-order valence-electron chi connectivity index (χ2n) is 7.21. The number of hydrogen-bond acceptors (Lipinski definition) is 3. The summed E-state index contributed by atoms with van der Waals surface area (Å²) in [6.07, 6.45) is 10.3. The van der Waals surface area contributed by atoms with Crippen molar-refractivity contribution < 1.29 is 4.79 Å². The largest absolute Gasteiger partial charge is 0.356 e. The monoisotopic (exact) mass is 293 g/mol. The molecule has 2 heterocycles. The lowest BCUT2D eigenvalue weighted by atomic mass is 9.94. The summed E-state index contributed by atoms with van der Waals surface area (Å²) >= 11 is 0. The van der Waals surface area contributed by atoms with Gasteiger partial charge in [0.25, 0.3) is 0 Å². The molecule has 0 aromatic carbocycles. The molecule has 21 heavy (non-hydrogen) atoms. The van der Waals surface area contributed by atoms with Crippen LogP contribution in [0, 0.1) is 11.8 Å². The molecule has 2 N–H and O–H groups in total. The van der Waals surface area contributed by atoms with Crippen LogP contribution in [0.2, 0.25) is 0 Å². The number of likely N-dealkylation sites (tertiary alicyclic amines) is 1. The van der Waals surface area contributed by atoms with Gasteiger partial charge in [0.1, 0.15) is 0 Å². The maximum absolute atomic E-state index is 12.2. The lowest BCUT2D eigenvalue weighted by Crippen LogP contribution is -2.40. The van der Waals surface area contributed by atoms with Crippen molar-refractivity contribution in [2.45, 2.75) is 57.4 Å². The van der Waals surface area contributed by atoms with Gasteiger partial charge >= 0.3 is 0 Å².